The van der Waals surface area contributed by atoms with E-state index in [1.165, 1.54) is 0 Å². The van der Waals surface area contributed by atoms with Crippen LogP contribution in [0.15, 0.2) is 0 Å². The largest absolute Gasteiger partial charge is 0.372 e. The normalized spacial score (nSPS) is 17.2. The van der Waals surface area contributed by atoms with E-state index >= 15 is 0 Å². The topological polar surface area (TPSA) is 26.3 Å². The predicted molar refractivity (Wildman–Crippen MR) is 82.3 cm³/mol. The maximum atomic E-state index is 12.2. The van der Waals surface area contributed by atoms with Crippen LogP contribution in [0.3, 0.4) is 0 Å². The van der Waals surface area contributed by atoms with E-state index in [0.29, 0.717) is 0 Å². The van der Waals surface area contributed by atoms with Gasteiger partial charge in [0.25, 0.3) is 0 Å². The van der Waals surface area contributed by atoms with E-state index in [4.69, 9.17) is 4.74 Å². The summed E-state index contributed by atoms with van der Waals surface area (Å²) < 4.78 is 6.23. The number of ether oxygens (including phenoxy) is 1. The van der Waals surface area contributed by atoms with Crippen molar-refractivity contribution in [1.29, 1.82) is 0 Å². The monoisotopic (exact) mass is 270 g/mol. The Hall–Kier alpha value is -0.370. The molecule has 0 rings (SSSR count). The summed E-state index contributed by atoms with van der Waals surface area (Å²) in [7, 11) is 0. The van der Waals surface area contributed by atoms with Crippen molar-refractivity contribution in [1.82, 2.24) is 0 Å². The second-order valence-corrected chi connectivity index (χ2v) is 7.98. The summed E-state index contributed by atoms with van der Waals surface area (Å²) in [5.74, 6) is 0.220. The average molecular weight is 270 g/mol. The Labute approximate surface area is 120 Å². The van der Waals surface area contributed by atoms with Crippen LogP contribution in [0, 0.1) is 16.7 Å². The third-order valence-electron chi connectivity index (χ3n) is 4.62. The molecule has 19 heavy (non-hydrogen) atoms. The second-order valence-electron chi connectivity index (χ2n) is 7.98. The average Bonchev–Trinajstić information content (AvgIpc) is 2.12. The molecule has 0 heterocycles. The predicted octanol–water partition coefficient (Wildman–Crippen LogP) is 4.86. The zero-order chi connectivity index (χ0) is 15.6. The molecule has 0 fully saturated rings. The van der Waals surface area contributed by atoms with E-state index < -0.39 is 0 Å². The molecule has 0 aromatic heterocycles. The SMILES string of the molecule is CCC(C)OC(C)(C)C(C)(C)C(C(C)=O)C(C)(C)C. The summed E-state index contributed by atoms with van der Waals surface area (Å²) in [6.07, 6.45) is 1.20. The van der Waals surface area contributed by atoms with Crippen molar-refractivity contribution in [2.24, 2.45) is 16.7 Å². The van der Waals surface area contributed by atoms with E-state index in [-0.39, 0.29) is 34.2 Å². The molecule has 0 N–H and O–H groups in total. The maximum Gasteiger partial charge on any atom is 0.134 e. The minimum Gasteiger partial charge on any atom is -0.372 e. The van der Waals surface area contributed by atoms with Crippen LogP contribution < -0.4 is 0 Å². The molecule has 0 spiro atoms. The van der Waals surface area contributed by atoms with Crippen molar-refractivity contribution in [3.05, 3.63) is 0 Å². The number of hydrogen-bond donors (Lipinski definition) is 0. The quantitative estimate of drug-likeness (QED) is 0.689. The first kappa shape index (κ1) is 18.6. The number of hydrogen-bond acceptors (Lipinski definition) is 2. The number of carbonyl (C=O) groups excluding carboxylic acids is 1. The molecule has 2 nitrogen and oxygen atoms in total. The van der Waals surface area contributed by atoms with Crippen molar-refractivity contribution in [2.45, 2.75) is 87.4 Å². The van der Waals surface area contributed by atoms with E-state index in [1.807, 2.05) is 0 Å². The first-order valence-electron chi connectivity index (χ1n) is 7.45. The molecule has 0 aromatic rings. The van der Waals surface area contributed by atoms with Crippen LogP contribution in [-0.4, -0.2) is 17.5 Å². The molecular weight excluding hydrogens is 236 g/mol. The van der Waals surface area contributed by atoms with Gasteiger partial charge in [0, 0.05) is 11.3 Å². The molecule has 0 aliphatic rings. The van der Waals surface area contributed by atoms with Gasteiger partial charge in [-0.3, -0.25) is 4.79 Å². The minimum atomic E-state index is -0.341. The Kier molecular flexibility index (Phi) is 5.83. The van der Waals surface area contributed by atoms with Gasteiger partial charge in [-0.25, -0.2) is 0 Å². The highest BCUT2D eigenvalue weighted by atomic mass is 16.5. The molecular formula is C17H34O2. The molecule has 0 saturated carbocycles. The lowest BCUT2D eigenvalue weighted by Gasteiger charge is -2.51. The number of rotatable bonds is 6. The van der Waals surface area contributed by atoms with Gasteiger partial charge < -0.3 is 4.74 Å². The van der Waals surface area contributed by atoms with Gasteiger partial charge >= 0.3 is 0 Å². The van der Waals surface area contributed by atoms with Crippen molar-refractivity contribution in [3.63, 3.8) is 0 Å². The minimum absolute atomic E-state index is 0.0287. The Bertz CT molecular complexity index is 308. The van der Waals surface area contributed by atoms with Gasteiger partial charge in [0.05, 0.1) is 11.7 Å². The second kappa shape index (κ2) is 5.95. The van der Waals surface area contributed by atoms with Crippen molar-refractivity contribution in [3.8, 4) is 0 Å². The first-order chi connectivity index (χ1) is 8.27. The molecule has 0 aliphatic carbocycles. The Morgan fingerprint density at radius 2 is 1.47 bits per heavy atom. The van der Waals surface area contributed by atoms with Gasteiger partial charge in [-0.2, -0.15) is 0 Å². The highest BCUT2D eigenvalue weighted by Gasteiger charge is 2.50. The lowest BCUT2D eigenvalue weighted by molar-refractivity contribution is -0.171. The molecule has 0 radical (unpaired) electrons. The molecule has 0 aromatic carbocycles. The van der Waals surface area contributed by atoms with E-state index in [1.54, 1.807) is 6.92 Å². The zero-order valence-electron chi connectivity index (χ0n) is 14.7. The number of ketones is 1. The van der Waals surface area contributed by atoms with Crippen molar-refractivity contribution in [2.75, 3.05) is 0 Å². The highest BCUT2D eigenvalue weighted by Crippen LogP contribution is 2.49. The lowest BCUT2D eigenvalue weighted by Crippen LogP contribution is -2.53. The summed E-state index contributed by atoms with van der Waals surface area (Å²) in [6.45, 7) is 20.9. The fourth-order valence-electron chi connectivity index (χ4n) is 3.29. The van der Waals surface area contributed by atoms with Crippen LogP contribution in [0.25, 0.3) is 0 Å². The Morgan fingerprint density at radius 1 is 1.05 bits per heavy atom. The van der Waals surface area contributed by atoms with Gasteiger partial charge in [-0.1, -0.05) is 41.5 Å². The van der Waals surface area contributed by atoms with Crippen LogP contribution in [0.1, 0.15) is 75.7 Å². The number of Topliss-reactive ketones (excluding diaryl/α,β-unsaturated/α-hetero) is 1. The Morgan fingerprint density at radius 3 is 1.74 bits per heavy atom. The van der Waals surface area contributed by atoms with Crippen LogP contribution in [0.5, 0.6) is 0 Å². The first-order valence-corrected chi connectivity index (χ1v) is 7.45. The molecule has 2 atom stereocenters. The maximum absolute atomic E-state index is 12.2. The van der Waals surface area contributed by atoms with Crippen molar-refractivity contribution < 1.29 is 9.53 Å². The fourth-order valence-corrected chi connectivity index (χ4v) is 3.29. The number of carbonyl (C=O) groups is 1. The summed E-state index contributed by atoms with van der Waals surface area (Å²) in [6, 6.07) is 0. The van der Waals surface area contributed by atoms with Gasteiger partial charge in [-0.15, -0.1) is 0 Å². The van der Waals surface area contributed by atoms with E-state index in [9.17, 15) is 4.79 Å². The molecule has 0 amide bonds. The van der Waals surface area contributed by atoms with Crippen LogP contribution in [0.4, 0.5) is 0 Å². The molecule has 0 saturated heterocycles. The summed E-state index contributed by atoms with van der Waals surface area (Å²) in [4.78, 5) is 12.2. The standard InChI is InChI=1S/C17H34O2/c1-11-12(2)19-17(9,10)16(7,8)14(13(3)18)15(4,5)6/h12,14H,11H2,1-10H3. The molecule has 0 aliphatic heterocycles. The molecule has 114 valence electrons. The molecule has 2 heteroatoms. The smallest absolute Gasteiger partial charge is 0.134 e. The Balaban J connectivity index is 5.47. The van der Waals surface area contributed by atoms with Gasteiger partial charge in [-0.05, 0) is 39.5 Å². The van der Waals surface area contributed by atoms with Gasteiger partial charge in [0.15, 0.2) is 0 Å². The third-order valence-corrected chi connectivity index (χ3v) is 4.62. The summed E-state index contributed by atoms with van der Waals surface area (Å²) in [5.41, 5.74) is -0.627. The molecule has 0 bridgehead atoms. The lowest BCUT2D eigenvalue weighted by atomic mass is 9.58. The fraction of sp³-hybridized carbons (Fsp3) is 0.941. The molecule has 2 unspecified atom stereocenters. The summed E-state index contributed by atoms with van der Waals surface area (Å²) in [5, 5.41) is 0. The van der Waals surface area contributed by atoms with Crippen LogP contribution in [-0.2, 0) is 9.53 Å². The van der Waals surface area contributed by atoms with Crippen LogP contribution in [0.2, 0.25) is 0 Å². The summed E-state index contributed by atoms with van der Waals surface area (Å²) >= 11 is 0. The van der Waals surface area contributed by atoms with E-state index in [0.717, 1.165) is 6.42 Å². The van der Waals surface area contributed by atoms with Gasteiger partial charge in [0.2, 0.25) is 0 Å². The third kappa shape index (κ3) is 4.30. The van der Waals surface area contributed by atoms with E-state index in [2.05, 4.69) is 62.3 Å². The van der Waals surface area contributed by atoms with Crippen molar-refractivity contribution >= 4 is 5.78 Å². The zero-order valence-corrected chi connectivity index (χ0v) is 14.7. The highest BCUT2D eigenvalue weighted by molar-refractivity contribution is 5.80. The van der Waals surface area contributed by atoms with Gasteiger partial charge in [0.1, 0.15) is 5.78 Å². The van der Waals surface area contributed by atoms with Crippen LogP contribution >= 0.6 is 0 Å².